The van der Waals surface area contributed by atoms with Crippen LogP contribution in [0.1, 0.15) is 42.5 Å². The maximum absolute atomic E-state index is 12.5. The summed E-state index contributed by atoms with van der Waals surface area (Å²) >= 11 is 1.82. The molecule has 0 heterocycles. The second-order valence-electron chi connectivity index (χ2n) is 6.39. The Balaban J connectivity index is 0.00000118. The first kappa shape index (κ1) is 24.3. The molecule has 0 radical (unpaired) electrons. The summed E-state index contributed by atoms with van der Waals surface area (Å²) in [6, 6.07) is 17.1. The average molecular weight is 494 g/mol. The number of rotatable bonds is 7. The summed E-state index contributed by atoms with van der Waals surface area (Å²) in [6.45, 7) is 0. The van der Waals surface area contributed by atoms with Crippen LogP contribution in [0, 0.1) is 13.3 Å². The van der Waals surface area contributed by atoms with E-state index < -0.39 is 22.1 Å². The van der Waals surface area contributed by atoms with Gasteiger partial charge in [0.15, 0.2) is 0 Å². The molecular weight excluding hydrogens is 469 g/mol. The third-order valence-electron chi connectivity index (χ3n) is 4.56. The molecule has 7 heteroatoms. The maximum Gasteiger partial charge on any atom is 0.0728 e. The van der Waals surface area contributed by atoms with E-state index in [-0.39, 0.29) is 19.1 Å². The predicted molar refractivity (Wildman–Crippen MR) is 109 cm³/mol. The number of nitrogens with one attached hydrogen (secondary N) is 1. The monoisotopic (exact) mass is 494 g/mol. The van der Waals surface area contributed by atoms with Crippen molar-refractivity contribution >= 4 is 19.7 Å². The van der Waals surface area contributed by atoms with Crippen LogP contribution in [0.15, 0.2) is 60.7 Å². The van der Waals surface area contributed by atoms with Crippen molar-refractivity contribution in [3.8, 4) is 0 Å². The number of nitrogens with zero attached hydrogens (tertiary/aromatic N) is 1. The van der Waals surface area contributed by atoms with Crippen molar-refractivity contribution < 1.29 is 25.7 Å². The zero-order valence-electron chi connectivity index (χ0n) is 15.2. The molecule has 1 fully saturated rings. The fourth-order valence-electron chi connectivity index (χ4n) is 2.98. The second kappa shape index (κ2) is 11.9. The van der Waals surface area contributed by atoms with Gasteiger partial charge < -0.3 is 17.9 Å². The number of benzene rings is 2. The molecule has 2 aromatic carbocycles. The van der Waals surface area contributed by atoms with E-state index in [9.17, 15) is 8.42 Å². The Morgan fingerprint density at radius 3 is 1.93 bits per heavy atom. The molecule has 2 aromatic rings. The van der Waals surface area contributed by atoms with E-state index in [1.54, 1.807) is 0 Å². The molecule has 0 aromatic heterocycles. The van der Waals surface area contributed by atoms with Crippen molar-refractivity contribution in [2.75, 3.05) is 5.75 Å². The fraction of sp³-hybridized carbons (Fsp3) is 0.350. The van der Waals surface area contributed by atoms with Crippen LogP contribution in [0.2, 0.25) is 0 Å². The molecule has 1 aliphatic carbocycles. The molecule has 0 spiro atoms. The van der Waals surface area contributed by atoms with Crippen molar-refractivity contribution in [2.24, 2.45) is 5.92 Å². The minimum Gasteiger partial charge on any atom is -0.672 e. The zero-order chi connectivity index (χ0) is 19.0. The van der Waals surface area contributed by atoms with E-state index in [2.05, 4.69) is 14.4 Å². The Hall–Kier alpha value is -0.777. The Morgan fingerprint density at radius 1 is 1.00 bits per heavy atom. The SMILES string of the molecule is [CH3-].[Cl][Ru+3].[NH-]C(c1ccccc1)C([N-]S(=O)(=O)CC1CCC1)c1ccccc1. The topological polar surface area (TPSA) is 72.0 Å². The third kappa shape index (κ3) is 7.28. The summed E-state index contributed by atoms with van der Waals surface area (Å²) in [5, 5.41) is 0. The molecule has 27 heavy (non-hydrogen) atoms. The molecule has 2 unspecified atom stereocenters. The first-order valence-corrected chi connectivity index (χ1v) is 12.3. The van der Waals surface area contributed by atoms with E-state index in [1.807, 2.05) is 78.0 Å². The maximum atomic E-state index is 12.5. The van der Waals surface area contributed by atoms with Gasteiger partial charge in [-0.2, -0.15) is 0 Å². The van der Waals surface area contributed by atoms with Gasteiger partial charge in [0.25, 0.3) is 0 Å². The Labute approximate surface area is 177 Å². The van der Waals surface area contributed by atoms with Crippen LogP contribution in [-0.2, 0) is 27.3 Å². The summed E-state index contributed by atoms with van der Waals surface area (Å²) in [7, 11) is 1.03. The number of hydrogen-bond donors (Lipinski definition) is 0. The van der Waals surface area contributed by atoms with E-state index in [0.717, 1.165) is 30.4 Å². The van der Waals surface area contributed by atoms with Crippen LogP contribution in [0.4, 0.5) is 0 Å². The van der Waals surface area contributed by atoms with Gasteiger partial charge >= 0.3 is 27.0 Å². The molecular formula is C20H25ClN2O2RuS. The van der Waals surface area contributed by atoms with E-state index >= 15 is 0 Å². The van der Waals surface area contributed by atoms with E-state index in [0.29, 0.717) is 0 Å². The van der Waals surface area contributed by atoms with Crippen LogP contribution in [0.25, 0.3) is 10.5 Å². The molecule has 1 N–H and O–H groups in total. The molecule has 148 valence electrons. The summed E-state index contributed by atoms with van der Waals surface area (Å²) in [5.74, 6) is 0.341. The van der Waals surface area contributed by atoms with Crippen molar-refractivity contribution in [3.05, 3.63) is 89.7 Å². The standard InChI is InChI=1S/C19H22N2O2S.CH3.ClH.Ru/c20-18(16-10-3-1-4-11-16)19(17-12-5-2-6-13-17)21-24(22,23)14-15-8-7-9-15;;;/h1-6,10-13,15,18-20H,7-9,14H2;1H3;1H;/q-2;-1;;+4/p-1. The van der Waals surface area contributed by atoms with Crippen LogP contribution in [-0.4, -0.2) is 14.2 Å². The summed E-state index contributed by atoms with van der Waals surface area (Å²) < 4.78 is 29.2. The summed E-state index contributed by atoms with van der Waals surface area (Å²) in [5.41, 5.74) is 10.1. The number of halogens is 1. The van der Waals surface area contributed by atoms with Crippen LogP contribution >= 0.6 is 9.69 Å². The van der Waals surface area contributed by atoms with Crippen LogP contribution < -0.4 is 0 Å². The molecule has 1 aliphatic rings. The molecule has 0 saturated heterocycles. The van der Waals surface area contributed by atoms with Crippen molar-refractivity contribution in [1.29, 1.82) is 0 Å². The van der Waals surface area contributed by atoms with Gasteiger partial charge in [-0.25, -0.2) is 8.42 Å². The normalized spacial score (nSPS) is 16.1. The van der Waals surface area contributed by atoms with Crippen LogP contribution in [0.3, 0.4) is 0 Å². The van der Waals surface area contributed by atoms with E-state index in [1.165, 1.54) is 0 Å². The molecule has 0 amide bonds. The third-order valence-corrected chi connectivity index (χ3v) is 6.00. The van der Waals surface area contributed by atoms with Crippen molar-refractivity contribution in [1.82, 2.24) is 0 Å². The summed E-state index contributed by atoms with van der Waals surface area (Å²) in [6.07, 6.45) is 3.04. The Morgan fingerprint density at radius 2 is 1.48 bits per heavy atom. The van der Waals surface area contributed by atoms with Gasteiger partial charge in [-0.15, -0.1) is 12.1 Å². The fourth-order valence-corrected chi connectivity index (χ4v) is 4.59. The smallest absolute Gasteiger partial charge is 0.0728 e. The molecule has 2 atom stereocenters. The molecule has 1 saturated carbocycles. The zero-order valence-corrected chi connectivity index (χ0v) is 18.5. The largest absolute Gasteiger partial charge is 0.672 e. The van der Waals surface area contributed by atoms with Crippen LogP contribution in [0.5, 0.6) is 0 Å². The average Bonchev–Trinajstić information content (AvgIpc) is 2.65. The molecule has 0 aliphatic heterocycles. The van der Waals surface area contributed by atoms with E-state index in [4.69, 9.17) is 5.73 Å². The van der Waals surface area contributed by atoms with Gasteiger partial charge in [0.1, 0.15) is 0 Å². The van der Waals surface area contributed by atoms with Gasteiger partial charge in [0, 0.05) is 5.75 Å². The quantitative estimate of drug-likeness (QED) is 0.342. The number of hydrogen-bond acceptors (Lipinski definition) is 2. The first-order valence-electron chi connectivity index (χ1n) is 8.44. The van der Waals surface area contributed by atoms with Gasteiger partial charge in [0.2, 0.25) is 0 Å². The number of sulfonamides is 1. The minimum absolute atomic E-state index is 0. The summed E-state index contributed by atoms with van der Waals surface area (Å²) in [4.78, 5) is 0. The van der Waals surface area contributed by atoms with Gasteiger partial charge in [-0.1, -0.05) is 78.2 Å². The molecule has 4 nitrogen and oxygen atoms in total. The molecule has 0 bridgehead atoms. The Bertz CT molecular complexity index is 756. The Kier molecular flexibility index (Phi) is 10.7. The van der Waals surface area contributed by atoms with Crippen molar-refractivity contribution in [3.63, 3.8) is 0 Å². The van der Waals surface area contributed by atoms with Gasteiger partial charge in [0.05, 0.1) is 10.0 Å². The molecule has 3 rings (SSSR count). The van der Waals surface area contributed by atoms with Gasteiger partial charge in [-0.05, 0) is 18.8 Å². The predicted octanol–water partition coefficient (Wildman–Crippen LogP) is 6.16. The van der Waals surface area contributed by atoms with Crippen molar-refractivity contribution in [2.45, 2.75) is 31.3 Å². The minimum atomic E-state index is -3.54. The second-order valence-corrected chi connectivity index (χ2v) is 8.10. The first-order chi connectivity index (χ1) is 12.6. The van der Waals surface area contributed by atoms with Gasteiger partial charge in [-0.3, -0.25) is 0 Å².